The summed E-state index contributed by atoms with van der Waals surface area (Å²) in [5.74, 6) is 0.591. The second kappa shape index (κ2) is 7.79. The zero-order valence-electron chi connectivity index (χ0n) is 12.2. The second-order valence-electron chi connectivity index (χ2n) is 4.52. The number of benzene rings is 1. The highest BCUT2D eigenvalue weighted by atomic mass is 16.5. The SMILES string of the molecule is CCNC(CCOc1ccc(C)c(C)c1)C(=O)OC. The number of nitrogens with one attached hydrogen (secondary N) is 1. The summed E-state index contributed by atoms with van der Waals surface area (Å²) in [7, 11) is 1.40. The molecule has 0 saturated heterocycles. The molecule has 1 atom stereocenters. The monoisotopic (exact) mass is 265 g/mol. The highest BCUT2D eigenvalue weighted by molar-refractivity contribution is 5.75. The molecule has 4 nitrogen and oxygen atoms in total. The van der Waals surface area contributed by atoms with E-state index in [0.29, 0.717) is 13.0 Å². The van der Waals surface area contributed by atoms with Crippen LogP contribution in [-0.4, -0.2) is 32.3 Å². The third-order valence-electron chi connectivity index (χ3n) is 3.09. The van der Waals surface area contributed by atoms with Crippen molar-refractivity contribution in [3.05, 3.63) is 29.3 Å². The van der Waals surface area contributed by atoms with Gasteiger partial charge in [0.1, 0.15) is 11.8 Å². The van der Waals surface area contributed by atoms with Crippen molar-refractivity contribution < 1.29 is 14.3 Å². The number of aryl methyl sites for hydroxylation is 2. The molecule has 0 saturated carbocycles. The van der Waals surface area contributed by atoms with Gasteiger partial charge in [-0.15, -0.1) is 0 Å². The molecule has 0 spiro atoms. The summed E-state index contributed by atoms with van der Waals surface area (Å²) in [4.78, 5) is 11.5. The number of carbonyl (C=O) groups excluding carboxylic acids is 1. The van der Waals surface area contributed by atoms with E-state index in [4.69, 9.17) is 9.47 Å². The van der Waals surface area contributed by atoms with Crippen LogP contribution in [0.5, 0.6) is 5.75 Å². The summed E-state index contributed by atoms with van der Waals surface area (Å²) in [5.41, 5.74) is 2.45. The van der Waals surface area contributed by atoms with Crippen molar-refractivity contribution >= 4 is 5.97 Å². The van der Waals surface area contributed by atoms with Gasteiger partial charge in [-0.25, -0.2) is 0 Å². The first-order valence-corrected chi connectivity index (χ1v) is 6.59. The highest BCUT2D eigenvalue weighted by Gasteiger charge is 2.17. The lowest BCUT2D eigenvalue weighted by Gasteiger charge is -2.16. The van der Waals surface area contributed by atoms with Crippen LogP contribution in [0.3, 0.4) is 0 Å². The summed E-state index contributed by atoms with van der Waals surface area (Å²) < 4.78 is 10.4. The van der Waals surface area contributed by atoms with Gasteiger partial charge < -0.3 is 14.8 Å². The lowest BCUT2D eigenvalue weighted by molar-refractivity contribution is -0.143. The maximum atomic E-state index is 11.5. The van der Waals surface area contributed by atoms with Crippen LogP contribution in [0.4, 0.5) is 0 Å². The van der Waals surface area contributed by atoms with Crippen LogP contribution < -0.4 is 10.1 Å². The molecule has 1 unspecified atom stereocenters. The van der Waals surface area contributed by atoms with E-state index in [1.807, 2.05) is 25.1 Å². The van der Waals surface area contributed by atoms with E-state index >= 15 is 0 Å². The quantitative estimate of drug-likeness (QED) is 0.768. The molecule has 0 aliphatic carbocycles. The summed E-state index contributed by atoms with van der Waals surface area (Å²) in [6, 6.07) is 5.69. The molecule has 4 heteroatoms. The molecule has 1 rings (SSSR count). The molecular formula is C15H23NO3. The number of rotatable bonds is 7. The summed E-state index contributed by atoms with van der Waals surface area (Å²) in [5, 5.41) is 3.09. The topological polar surface area (TPSA) is 47.6 Å². The minimum atomic E-state index is -0.304. The fourth-order valence-corrected chi connectivity index (χ4v) is 1.79. The number of hydrogen-bond acceptors (Lipinski definition) is 4. The highest BCUT2D eigenvalue weighted by Crippen LogP contribution is 2.16. The zero-order chi connectivity index (χ0) is 14.3. The Morgan fingerprint density at radius 2 is 2.05 bits per heavy atom. The van der Waals surface area contributed by atoms with Crippen LogP contribution in [0.1, 0.15) is 24.5 Å². The number of methoxy groups -OCH3 is 1. The smallest absolute Gasteiger partial charge is 0.322 e. The molecular weight excluding hydrogens is 242 g/mol. The van der Waals surface area contributed by atoms with E-state index in [2.05, 4.69) is 19.2 Å². The van der Waals surface area contributed by atoms with Crippen LogP contribution in [0.15, 0.2) is 18.2 Å². The normalized spacial score (nSPS) is 12.0. The molecule has 1 aromatic rings. The fraction of sp³-hybridized carbons (Fsp3) is 0.533. The van der Waals surface area contributed by atoms with Crippen molar-refractivity contribution in [2.45, 2.75) is 33.2 Å². The largest absolute Gasteiger partial charge is 0.494 e. The van der Waals surface area contributed by atoms with Crippen molar-refractivity contribution in [2.75, 3.05) is 20.3 Å². The average molecular weight is 265 g/mol. The number of likely N-dealkylation sites (N-methyl/N-ethyl adjacent to an activating group) is 1. The maximum absolute atomic E-state index is 11.5. The number of esters is 1. The first kappa shape index (κ1) is 15.5. The van der Waals surface area contributed by atoms with Gasteiger partial charge >= 0.3 is 5.97 Å². The Morgan fingerprint density at radius 3 is 2.63 bits per heavy atom. The van der Waals surface area contributed by atoms with Crippen molar-refractivity contribution in [3.8, 4) is 5.75 Å². The zero-order valence-corrected chi connectivity index (χ0v) is 12.2. The molecule has 1 aromatic carbocycles. The second-order valence-corrected chi connectivity index (χ2v) is 4.52. The van der Waals surface area contributed by atoms with Crippen molar-refractivity contribution in [2.24, 2.45) is 0 Å². The third kappa shape index (κ3) is 4.91. The Labute approximate surface area is 115 Å². The minimum absolute atomic E-state index is 0.245. The number of hydrogen-bond donors (Lipinski definition) is 1. The van der Waals surface area contributed by atoms with Gasteiger partial charge in [-0.1, -0.05) is 13.0 Å². The predicted octanol–water partition coefficient (Wildman–Crippen LogP) is 2.22. The fourth-order valence-electron chi connectivity index (χ4n) is 1.79. The molecule has 106 valence electrons. The standard InChI is InChI=1S/C15H23NO3/c1-5-16-14(15(17)18-4)8-9-19-13-7-6-11(2)12(3)10-13/h6-7,10,14,16H,5,8-9H2,1-4H3. The van der Waals surface area contributed by atoms with Crippen molar-refractivity contribution in [1.82, 2.24) is 5.32 Å². The van der Waals surface area contributed by atoms with Gasteiger partial charge in [0.25, 0.3) is 0 Å². The van der Waals surface area contributed by atoms with Crippen molar-refractivity contribution in [3.63, 3.8) is 0 Å². The Morgan fingerprint density at radius 1 is 1.32 bits per heavy atom. The van der Waals surface area contributed by atoms with E-state index in [-0.39, 0.29) is 12.0 Å². The van der Waals surface area contributed by atoms with E-state index in [1.54, 1.807) is 0 Å². The van der Waals surface area contributed by atoms with Crippen LogP contribution >= 0.6 is 0 Å². The molecule has 0 aliphatic heterocycles. The molecule has 0 amide bonds. The molecule has 0 aliphatic rings. The minimum Gasteiger partial charge on any atom is -0.494 e. The maximum Gasteiger partial charge on any atom is 0.322 e. The lowest BCUT2D eigenvalue weighted by atomic mass is 10.1. The van der Waals surface area contributed by atoms with E-state index in [9.17, 15) is 4.79 Å². The van der Waals surface area contributed by atoms with E-state index < -0.39 is 0 Å². The molecule has 0 heterocycles. The molecule has 0 radical (unpaired) electrons. The predicted molar refractivity (Wildman–Crippen MR) is 75.5 cm³/mol. The van der Waals surface area contributed by atoms with Crippen LogP contribution in [-0.2, 0) is 9.53 Å². The molecule has 19 heavy (non-hydrogen) atoms. The van der Waals surface area contributed by atoms with E-state index in [1.165, 1.54) is 18.2 Å². The van der Waals surface area contributed by atoms with Gasteiger partial charge in [0.15, 0.2) is 0 Å². The van der Waals surface area contributed by atoms with Gasteiger partial charge in [0.2, 0.25) is 0 Å². The Hall–Kier alpha value is -1.55. The lowest BCUT2D eigenvalue weighted by Crippen LogP contribution is -2.38. The van der Waals surface area contributed by atoms with Crippen LogP contribution in [0.25, 0.3) is 0 Å². The summed E-state index contributed by atoms with van der Waals surface area (Å²) in [6.45, 7) is 7.29. The number of carbonyl (C=O) groups is 1. The Bertz CT molecular complexity index is 418. The first-order valence-electron chi connectivity index (χ1n) is 6.59. The van der Waals surface area contributed by atoms with Crippen LogP contribution in [0.2, 0.25) is 0 Å². The van der Waals surface area contributed by atoms with Gasteiger partial charge in [-0.05, 0) is 43.7 Å². The number of ether oxygens (including phenoxy) is 2. The first-order chi connectivity index (χ1) is 9.08. The van der Waals surface area contributed by atoms with Gasteiger partial charge in [-0.3, -0.25) is 4.79 Å². The van der Waals surface area contributed by atoms with Gasteiger partial charge in [0.05, 0.1) is 13.7 Å². The van der Waals surface area contributed by atoms with Gasteiger partial charge in [0, 0.05) is 6.42 Å². The summed E-state index contributed by atoms with van der Waals surface area (Å²) >= 11 is 0. The Balaban J connectivity index is 2.47. The Kier molecular flexibility index (Phi) is 6.36. The third-order valence-corrected chi connectivity index (χ3v) is 3.09. The molecule has 0 aromatic heterocycles. The van der Waals surface area contributed by atoms with Gasteiger partial charge in [-0.2, -0.15) is 0 Å². The van der Waals surface area contributed by atoms with Crippen LogP contribution in [0, 0.1) is 13.8 Å². The van der Waals surface area contributed by atoms with Crippen molar-refractivity contribution in [1.29, 1.82) is 0 Å². The molecule has 0 bridgehead atoms. The average Bonchev–Trinajstić information content (AvgIpc) is 2.41. The molecule has 0 fully saturated rings. The molecule has 1 N–H and O–H groups in total. The van der Waals surface area contributed by atoms with E-state index in [0.717, 1.165) is 12.3 Å². The summed E-state index contributed by atoms with van der Waals surface area (Å²) in [6.07, 6.45) is 0.591.